The number of nitrogens with zero attached hydrogens (tertiary/aromatic N) is 3. The molecule has 0 radical (unpaired) electrons. The van der Waals surface area contributed by atoms with Gasteiger partial charge in [-0.2, -0.15) is 5.10 Å². The maximum Gasteiger partial charge on any atom is 0.180 e. The second-order valence-corrected chi connectivity index (χ2v) is 6.41. The fourth-order valence-electron chi connectivity index (χ4n) is 2.90. The molecule has 3 rings (SSSR count). The van der Waals surface area contributed by atoms with Gasteiger partial charge in [0, 0.05) is 19.6 Å². The Bertz CT molecular complexity index is 671. The van der Waals surface area contributed by atoms with Crippen molar-refractivity contribution in [3.63, 3.8) is 0 Å². The molecule has 1 aromatic heterocycles. The Balaban J connectivity index is 1.44. The number of hydrogen-bond donors (Lipinski definition) is 1. The van der Waals surface area contributed by atoms with E-state index in [9.17, 15) is 0 Å². The number of aryl methyl sites for hydroxylation is 3. The molecule has 2 aromatic rings. The first-order valence-electron chi connectivity index (χ1n) is 8.55. The normalized spacial score (nSPS) is 18.7. The Kier molecular flexibility index (Phi) is 5.48. The molecular formula is C18H26N4O2. The highest BCUT2D eigenvalue weighted by molar-refractivity contribution is 5.35. The third kappa shape index (κ3) is 4.33. The van der Waals surface area contributed by atoms with Crippen LogP contribution in [0.5, 0.6) is 5.75 Å². The molecule has 1 N–H and O–H groups in total. The minimum absolute atomic E-state index is 0.0383. The van der Waals surface area contributed by atoms with Crippen LogP contribution in [0.1, 0.15) is 35.3 Å². The Hall–Kier alpha value is -1.92. The van der Waals surface area contributed by atoms with Gasteiger partial charge in [0.05, 0.1) is 13.2 Å². The van der Waals surface area contributed by atoms with Crippen molar-refractivity contribution in [3.05, 3.63) is 41.0 Å². The van der Waals surface area contributed by atoms with Gasteiger partial charge < -0.3 is 9.47 Å². The topological polar surface area (TPSA) is 63.3 Å². The first kappa shape index (κ1) is 16.9. The van der Waals surface area contributed by atoms with Crippen LogP contribution in [0.4, 0.5) is 0 Å². The lowest BCUT2D eigenvalue weighted by molar-refractivity contribution is -0.0351. The highest BCUT2D eigenvalue weighted by Gasteiger charge is 2.24. The van der Waals surface area contributed by atoms with Gasteiger partial charge >= 0.3 is 0 Å². The number of hydrogen-bond acceptors (Lipinski definition) is 5. The fraction of sp³-hybridized carbons (Fsp3) is 0.556. The highest BCUT2D eigenvalue weighted by atomic mass is 16.5. The van der Waals surface area contributed by atoms with Gasteiger partial charge in [0.25, 0.3) is 0 Å². The largest absolute Gasteiger partial charge is 0.493 e. The van der Waals surface area contributed by atoms with Gasteiger partial charge in [0.15, 0.2) is 5.82 Å². The minimum atomic E-state index is -0.0383. The zero-order valence-corrected chi connectivity index (χ0v) is 14.7. The van der Waals surface area contributed by atoms with E-state index in [0.29, 0.717) is 0 Å². The van der Waals surface area contributed by atoms with Crippen LogP contribution < -0.4 is 4.74 Å². The van der Waals surface area contributed by atoms with Crippen molar-refractivity contribution in [2.24, 2.45) is 0 Å². The first-order valence-corrected chi connectivity index (χ1v) is 8.55. The van der Waals surface area contributed by atoms with E-state index in [1.807, 2.05) is 6.92 Å². The summed E-state index contributed by atoms with van der Waals surface area (Å²) >= 11 is 0. The second-order valence-electron chi connectivity index (χ2n) is 6.41. The number of nitrogens with one attached hydrogen (secondary N) is 1. The van der Waals surface area contributed by atoms with E-state index in [1.165, 1.54) is 11.1 Å². The van der Waals surface area contributed by atoms with Gasteiger partial charge in [-0.25, -0.2) is 4.98 Å². The van der Waals surface area contributed by atoms with Crippen LogP contribution in [0, 0.1) is 20.8 Å². The smallest absolute Gasteiger partial charge is 0.180 e. The summed E-state index contributed by atoms with van der Waals surface area (Å²) in [5, 5.41) is 7.10. The van der Waals surface area contributed by atoms with Crippen LogP contribution in [0.2, 0.25) is 0 Å². The molecule has 1 saturated heterocycles. The maximum atomic E-state index is 5.94. The summed E-state index contributed by atoms with van der Waals surface area (Å²) in [6, 6.07) is 6.32. The monoisotopic (exact) mass is 330 g/mol. The molecule has 1 fully saturated rings. The summed E-state index contributed by atoms with van der Waals surface area (Å²) in [5.74, 6) is 2.57. The zero-order chi connectivity index (χ0) is 16.9. The minimum Gasteiger partial charge on any atom is -0.493 e. The molecule has 24 heavy (non-hydrogen) atoms. The number of aromatic amines is 1. The SMILES string of the molecule is Cc1ccc(C)c(OCCCN2CCO[C@H](c3n[nH]c(C)n3)C2)c1. The third-order valence-corrected chi connectivity index (χ3v) is 4.27. The molecule has 0 aliphatic carbocycles. The first-order chi connectivity index (χ1) is 11.6. The predicted molar refractivity (Wildman–Crippen MR) is 92.3 cm³/mol. The standard InChI is InChI=1S/C18H26N4O2/c1-13-5-6-14(2)16(11-13)23-9-4-7-22-8-10-24-17(12-22)18-19-15(3)20-21-18/h5-6,11,17H,4,7-10,12H2,1-3H3,(H,19,20,21)/t17-/m0/s1. The quantitative estimate of drug-likeness (QED) is 0.825. The van der Waals surface area contributed by atoms with E-state index < -0.39 is 0 Å². The molecule has 0 amide bonds. The van der Waals surface area contributed by atoms with E-state index in [-0.39, 0.29) is 6.10 Å². The average Bonchev–Trinajstić information content (AvgIpc) is 3.01. The number of ether oxygens (including phenoxy) is 2. The molecule has 1 aliphatic rings. The molecule has 0 bridgehead atoms. The molecule has 1 aliphatic heterocycles. The maximum absolute atomic E-state index is 5.94. The van der Waals surface area contributed by atoms with Gasteiger partial charge in [-0.05, 0) is 44.4 Å². The number of benzene rings is 1. The summed E-state index contributed by atoms with van der Waals surface area (Å²) in [6.45, 7) is 10.3. The van der Waals surface area contributed by atoms with E-state index in [2.05, 4.69) is 52.1 Å². The summed E-state index contributed by atoms with van der Waals surface area (Å²) in [6.07, 6.45) is 0.955. The van der Waals surface area contributed by atoms with Crippen molar-refractivity contribution in [2.75, 3.05) is 32.8 Å². The molecule has 130 valence electrons. The van der Waals surface area contributed by atoms with Gasteiger partial charge in [-0.15, -0.1) is 0 Å². The van der Waals surface area contributed by atoms with Crippen LogP contribution in [-0.4, -0.2) is 52.9 Å². The summed E-state index contributed by atoms with van der Waals surface area (Å²) in [4.78, 5) is 6.77. The Morgan fingerprint density at radius 2 is 2.21 bits per heavy atom. The molecule has 1 aromatic carbocycles. The van der Waals surface area contributed by atoms with Crippen molar-refractivity contribution in [2.45, 2.75) is 33.3 Å². The Morgan fingerprint density at radius 3 is 3.00 bits per heavy atom. The van der Waals surface area contributed by atoms with Gasteiger partial charge in [-0.3, -0.25) is 10.00 Å². The average molecular weight is 330 g/mol. The lowest BCUT2D eigenvalue weighted by Crippen LogP contribution is -2.39. The van der Waals surface area contributed by atoms with Crippen LogP contribution in [-0.2, 0) is 4.74 Å². The number of morpholine rings is 1. The Morgan fingerprint density at radius 1 is 1.33 bits per heavy atom. The molecule has 0 saturated carbocycles. The number of aromatic nitrogens is 3. The van der Waals surface area contributed by atoms with Crippen molar-refractivity contribution >= 4 is 0 Å². The summed E-state index contributed by atoms with van der Waals surface area (Å²) < 4.78 is 11.7. The molecule has 1 atom stereocenters. The van der Waals surface area contributed by atoms with Gasteiger partial charge in [0.1, 0.15) is 17.7 Å². The van der Waals surface area contributed by atoms with Crippen molar-refractivity contribution in [3.8, 4) is 5.75 Å². The van der Waals surface area contributed by atoms with Gasteiger partial charge in [-0.1, -0.05) is 12.1 Å². The second kappa shape index (κ2) is 7.77. The van der Waals surface area contributed by atoms with Crippen LogP contribution in [0.25, 0.3) is 0 Å². The van der Waals surface area contributed by atoms with E-state index >= 15 is 0 Å². The molecule has 6 heteroatoms. The molecule has 0 unspecified atom stereocenters. The lowest BCUT2D eigenvalue weighted by Gasteiger charge is -2.31. The van der Waals surface area contributed by atoms with Crippen LogP contribution in [0.15, 0.2) is 18.2 Å². The molecular weight excluding hydrogens is 304 g/mol. The number of rotatable bonds is 6. The summed E-state index contributed by atoms with van der Waals surface area (Å²) in [7, 11) is 0. The van der Waals surface area contributed by atoms with E-state index in [4.69, 9.17) is 9.47 Å². The third-order valence-electron chi connectivity index (χ3n) is 4.27. The van der Waals surface area contributed by atoms with Gasteiger partial charge in [0.2, 0.25) is 0 Å². The van der Waals surface area contributed by atoms with E-state index in [1.54, 1.807) is 0 Å². The van der Waals surface area contributed by atoms with E-state index in [0.717, 1.165) is 56.7 Å². The zero-order valence-electron chi connectivity index (χ0n) is 14.7. The van der Waals surface area contributed by atoms with Crippen molar-refractivity contribution in [1.82, 2.24) is 20.1 Å². The predicted octanol–water partition coefficient (Wildman–Crippen LogP) is 2.57. The fourth-order valence-corrected chi connectivity index (χ4v) is 2.90. The lowest BCUT2D eigenvalue weighted by atomic mass is 10.1. The van der Waals surface area contributed by atoms with Crippen molar-refractivity contribution < 1.29 is 9.47 Å². The van der Waals surface area contributed by atoms with Crippen LogP contribution >= 0.6 is 0 Å². The highest BCUT2D eigenvalue weighted by Crippen LogP contribution is 2.20. The van der Waals surface area contributed by atoms with Crippen LogP contribution in [0.3, 0.4) is 0 Å². The summed E-state index contributed by atoms with van der Waals surface area (Å²) in [5.41, 5.74) is 2.42. The number of H-pyrrole nitrogens is 1. The molecule has 2 heterocycles. The Labute approximate surface area is 143 Å². The van der Waals surface area contributed by atoms with Crippen molar-refractivity contribution in [1.29, 1.82) is 0 Å². The molecule has 6 nitrogen and oxygen atoms in total. The molecule has 0 spiro atoms.